The molecule has 1 aromatic carbocycles. The highest BCUT2D eigenvalue weighted by Gasteiger charge is 2.29. The minimum Gasteiger partial charge on any atom is -0.458 e. The Balaban J connectivity index is 2.42. The van der Waals surface area contributed by atoms with Crippen LogP contribution < -0.4 is 10.2 Å². The summed E-state index contributed by atoms with van der Waals surface area (Å²) in [6, 6.07) is 8.53. The lowest BCUT2D eigenvalue weighted by Crippen LogP contribution is -2.38. The molecule has 0 aliphatic heterocycles. The van der Waals surface area contributed by atoms with Gasteiger partial charge in [0.1, 0.15) is 17.8 Å². The molecule has 0 spiro atoms. The van der Waals surface area contributed by atoms with E-state index in [1.165, 1.54) is 0 Å². The Kier molecular flexibility index (Phi) is 7.68. The van der Waals surface area contributed by atoms with Gasteiger partial charge in [-0.1, -0.05) is 30.3 Å². The smallest absolute Gasteiger partial charge is 0.329 e. The van der Waals surface area contributed by atoms with E-state index < -0.39 is 22.5 Å². The molecule has 2 rings (SSSR count). The van der Waals surface area contributed by atoms with E-state index in [2.05, 4.69) is 15.3 Å². The molecular formula is C21H29N5O4. The van der Waals surface area contributed by atoms with Gasteiger partial charge >= 0.3 is 11.7 Å². The highest BCUT2D eigenvalue weighted by Crippen LogP contribution is 2.25. The number of nitro groups is 1. The number of benzene rings is 1. The summed E-state index contributed by atoms with van der Waals surface area (Å²) in [6.45, 7) is 10.5. The molecule has 0 fully saturated rings. The molecule has 0 saturated heterocycles. The van der Waals surface area contributed by atoms with E-state index in [0.29, 0.717) is 19.0 Å². The van der Waals surface area contributed by atoms with Gasteiger partial charge in [-0.3, -0.25) is 10.1 Å². The summed E-state index contributed by atoms with van der Waals surface area (Å²) < 4.78 is 5.54. The van der Waals surface area contributed by atoms with Crippen molar-refractivity contribution in [2.45, 2.75) is 52.7 Å². The van der Waals surface area contributed by atoms with Crippen molar-refractivity contribution in [3.63, 3.8) is 0 Å². The molecule has 9 heteroatoms. The Bertz CT molecular complexity index is 863. The van der Waals surface area contributed by atoms with Gasteiger partial charge in [0.15, 0.2) is 0 Å². The first-order valence-corrected chi connectivity index (χ1v) is 9.94. The molecule has 1 heterocycles. The second-order valence-electron chi connectivity index (χ2n) is 7.75. The minimum absolute atomic E-state index is 0.0105. The first kappa shape index (κ1) is 23.1. The third kappa shape index (κ3) is 6.40. The Labute approximate surface area is 176 Å². The van der Waals surface area contributed by atoms with Crippen molar-refractivity contribution in [3.05, 3.63) is 52.2 Å². The largest absolute Gasteiger partial charge is 0.458 e. The molecule has 162 valence electrons. The average molecular weight is 415 g/mol. The molecule has 0 saturated carbocycles. The van der Waals surface area contributed by atoms with Crippen LogP contribution in [0.1, 0.15) is 40.2 Å². The van der Waals surface area contributed by atoms with Gasteiger partial charge in [-0.2, -0.15) is 4.98 Å². The zero-order valence-corrected chi connectivity index (χ0v) is 18.1. The van der Waals surface area contributed by atoms with Crippen LogP contribution in [0.5, 0.6) is 0 Å². The van der Waals surface area contributed by atoms with Crippen molar-refractivity contribution in [3.8, 4) is 0 Å². The maximum atomic E-state index is 12.9. The van der Waals surface area contributed by atoms with Crippen LogP contribution >= 0.6 is 0 Å². The number of ether oxygens (including phenoxy) is 1. The number of esters is 1. The van der Waals surface area contributed by atoms with Gasteiger partial charge in [-0.25, -0.2) is 9.78 Å². The molecule has 1 atom stereocenters. The number of carbonyl (C=O) groups excluding carboxylic acids is 1. The van der Waals surface area contributed by atoms with Crippen molar-refractivity contribution in [2.75, 3.05) is 23.3 Å². The fourth-order valence-electron chi connectivity index (χ4n) is 2.85. The van der Waals surface area contributed by atoms with Crippen molar-refractivity contribution in [1.29, 1.82) is 0 Å². The van der Waals surface area contributed by atoms with Crippen LogP contribution in [-0.2, 0) is 16.0 Å². The average Bonchev–Trinajstić information content (AvgIpc) is 2.68. The third-order valence-corrected chi connectivity index (χ3v) is 4.28. The highest BCUT2D eigenvalue weighted by molar-refractivity contribution is 5.80. The molecule has 1 unspecified atom stereocenters. The number of aromatic nitrogens is 2. The number of nitrogens with zero attached hydrogens (tertiary/aromatic N) is 4. The summed E-state index contributed by atoms with van der Waals surface area (Å²) in [4.78, 5) is 34.2. The van der Waals surface area contributed by atoms with E-state index in [0.717, 1.165) is 11.8 Å². The van der Waals surface area contributed by atoms with Crippen molar-refractivity contribution >= 4 is 23.4 Å². The van der Waals surface area contributed by atoms with E-state index in [1.807, 2.05) is 49.1 Å². The molecule has 9 nitrogen and oxygen atoms in total. The minimum atomic E-state index is -0.857. The second-order valence-corrected chi connectivity index (χ2v) is 7.75. The lowest BCUT2D eigenvalue weighted by Gasteiger charge is -2.25. The normalized spacial score (nSPS) is 12.2. The van der Waals surface area contributed by atoms with Crippen LogP contribution in [-0.4, -0.2) is 45.6 Å². The number of carbonyl (C=O) groups is 1. The van der Waals surface area contributed by atoms with Crippen LogP contribution in [0.3, 0.4) is 0 Å². The van der Waals surface area contributed by atoms with Gasteiger partial charge in [-0.15, -0.1) is 0 Å². The quantitative estimate of drug-likeness (QED) is 0.376. The van der Waals surface area contributed by atoms with Crippen LogP contribution in [0, 0.1) is 10.1 Å². The van der Waals surface area contributed by atoms with Gasteiger partial charge in [0.05, 0.1) is 4.92 Å². The van der Waals surface area contributed by atoms with Gasteiger partial charge in [-0.05, 0) is 40.2 Å². The number of hydrogen-bond donors (Lipinski definition) is 1. The number of rotatable bonds is 9. The van der Waals surface area contributed by atoms with Crippen molar-refractivity contribution in [1.82, 2.24) is 9.97 Å². The molecule has 1 aromatic heterocycles. The summed E-state index contributed by atoms with van der Waals surface area (Å²) in [5, 5.41) is 14.5. The molecule has 0 amide bonds. The highest BCUT2D eigenvalue weighted by atomic mass is 16.6. The van der Waals surface area contributed by atoms with Crippen LogP contribution in [0.2, 0.25) is 0 Å². The van der Waals surface area contributed by atoms with Crippen LogP contribution in [0.4, 0.5) is 17.5 Å². The van der Waals surface area contributed by atoms with Gasteiger partial charge in [0, 0.05) is 19.5 Å². The molecule has 0 bridgehead atoms. The molecule has 0 aliphatic rings. The van der Waals surface area contributed by atoms with Gasteiger partial charge in [0.25, 0.3) is 0 Å². The Morgan fingerprint density at radius 1 is 1.23 bits per heavy atom. The van der Waals surface area contributed by atoms with E-state index >= 15 is 0 Å². The van der Waals surface area contributed by atoms with Crippen LogP contribution in [0.25, 0.3) is 0 Å². The lowest BCUT2D eigenvalue weighted by atomic mass is 10.1. The predicted molar refractivity (Wildman–Crippen MR) is 116 cm³/mol. The SMILES string of the molecule is CCN(CC)c1ncc([N+](=O)[O-])c(NC(Cc2ccccc2)C(=O)OC(C)(C)C)n1. The maximum absolute atomic E-state index is 12.9. The Morgan fingerprint density at radius 2 is 1.87 bits per heavy atom. The van der Waals surface area contributed by atoms with E-state index in [-0.39, 0.29) is 17.9 Å². The summed E-state index contributed by atoms with van der Waals surface area (Å²) in [5.41, 5.74) is -0.105. The number of anilines is 2. The maximum Gasteiger partial charge on any atom is 0.329 e. The first-order chi connectivity index (χ1) is 14.1. The fourth-order valence-corrected chi connectivity index (χ4v) is 2.85. The monoisotopic (exact) mass is 415 g/mol. The van der Waals surface area contributed by atoms with Crippen molar-refractivity contribution < 1.29 is 14.5 Å². The Hall–Kier alpha value is -3.23. The third-order valence-electron chi connectivity index (χ3n) is 4.28. The second kappa shape index (κ2) is 10.00. The molecule has 1 N–H and O–H groups in total. The van der Waals surface area contributed by atoms with Gasteiger partial charge in [0.2, 0.25) is 11.8 Å². The zero-order valence-electron chi connectivity index (χ0n) is 18.1. The standard InChI is InChI=1S/C21H29N5O4/c1-6-25(7-2)20-22-14-17(26(28)29)18(24-20)23-16(19(27)30-21(3,4)5)13-15-11-9-8-10-12-15/h8-12,14,16H,6-7,13H2,1-5H3,(H,22,23,24). The molecule has 30 heavy (non-hydrogen) atoms. The summed E-state index contributed by atoms with van der Waals surface area (Å²) in [6.07, 6.45) is 1.45. The molecule has 0 radical (unpaired) electrons. The van der Waals surface area contributed by atoms with Gasteiger partial charge < -0.3 is 15.0 Å². The van der Waals surface area contributed by atoms with Crippen LogP contribution in [0.15, 0.2) is 36.5 Å². The zero-order chi connectivity index (χ0) is 22.3. The summed E-state index contributed by atoms with van der Waals surface area (Å²) in [5.74, 6) is -0.164. The van der Waals surface area contributed by atoms with E-state index in [4.69, 9.17) is 4.74 Å². The summed E-state index contributed by atoms with van der Waals surface area (Å²) >= 11 is 0. The Morgan fingerprint density at radius 3 is 2.40 bits per heavy atom. The number of nitrogens with one attached hydrogen (secondary N) is 1. The van der Waals surface area contributed by atoms with E-state index in [9.17, 15) is 14.9 Å². The molecule has 0 aliphatic carbocycles. The number of hydrogen-bond acceptors (Lipinski definition) is 8. The summed E-state index contributed by atoms with van der Waals surface area (Å²) in [7, 11) is 0. The van der Waals surface area contributed by atoms with E-state index in [1.54, 1.807) is 20.8 Å². The first-order valence-electron chi connectivity index (χ1n) is 9.94. The fraction of sp³-hybridized carbons (Fsp3) is 0.476. The molecule has 2 aromatic rings. The molecular weight excluding hydrogens is 386 g/mol. The van der Waals surface area contributed by atoms with Crippen molar-refractivity contribution in [2.24, 2.45) is 0 Å². The topological polar surface area (TPSA) is 110 Å². The predicted octanol–water partition coefficient (Wildman–Crippen LogP) is 3.60. The lowest BCUT2D eigenvalue weighted by molar-refractivity contribution is -0.384.